The van der Waals surface area contributed by atoms with Crippen molar-refractivity contribution in [1.29, 1.82) is 10.5 Å². The monoisotopic (exact) mass is 360 g/mol. The number of hydrogen-bond donors (Lipinski definition) is 2. The standard InChI is InChI=1S/C20H16N4O3/c1-26-8-9-27-16-7-6-12-4-2-3-5-13(12)18(16)17-14(10-21)19(23)24-20(25)15(17)11-22/h2-7H,8-9H2,1H3,(H3,23,24,25). The number of fused-ring (bicyclic) bond motifs is 1. The number of rotatable bonds is 5. The maximum atomic E-state index is 12.3. The molecule has 3 N–H and O–H groups in total. The molecule has 0 aliphatic carbocycles. The summed E-state index contributed by atoms with van der Waals surface area (Å²) in [5.41, 5.74) is 5.70. The predicted molar refractivity (Wildman–Crippen MR) is 101 cm³/mol. The van der Waals surface area contributed by atoms with Crippen molar-refractivity contribution in [3.8, 4) is 29.0 Å². The van der Waals surface area contributed by atoms with Gasteiger partial charge in [-0.3, -0.25) is 4.79 Å². The molecule has 0 unspecified atom stereocenters. The van der Waals surface area contributed by atoms with Crippen molar-refractivity contribution in [3.63, 3.8) is 0 Å². The van der Waals surface area contributed by atoms with Crippen molar-refractivity contribution >= 4 is 16.6 Å². The van der Waals surface area contributed by atoms with E-state index < -0.39 is 5.56 Å². The molecular weight excluding hydrogens is 344 g/mol. The second kappa shape index (κ2) is 7.61. The van der Waals surface area contributed by atoms with Crippen molar-refractivity contribution in [2.75, 3.05) is 26.1 Å². The van der Waals surface area contributed by atoms with E-state index in [4.69, 9.17) is 15.2 Å². The van der Waals surface area contributed by atoms with Gasteiger partial charge in [0.25, 0.3) is 5.56 Å². The lowest BCUT2D eigenvalue weighted by Crippen LogP contribution is -2.17. The molecule has 3 aromatic rings. The summed E-state index contributed by atoms with van der Waals surface area (Å²) in [7, 11) is 1.56. The fourth-order valence-corrected chi connectivity index (χ4v) is 2.96. The molecule has 134 valence electrons. The number of benzene rings is 2. The van der Waals surface area contributed by atoms with E-state index in [1.165, 1.54) is 0 Å². The predicted octanol–water partition coefficient (Wildman–Crippen LogP) is 2.55. The van der Waals surface area contributed by atoms with Gasteiger partial charge in [-0.25, -0.2) is 0 Å². The molecule has 0 bridgehead atoms. The molecule has 0 saturated carbocycles. The number of nitrogens with two attached hydrogens (primary N) is 1. The first-order chi connectivity index (χ1) is 13.1. The van der Waals surface area contributed by atoms with Crippen LogP contribution in [-0.4, -0.2) is 25.3 Å². The molecule has 0 aliphatic heterocycles. The number of ether oxygens (including phenoxy) is 2. The summed E-state index contributed by atoms with van der Waals surface area (Å²) in [6, 6.07) is 14.9. The molecule has 0 amide bonds. The molecule has 2 aromatic carbocycles. The summed E-state index contributed by atoms with van der Waals surface area (Å²) in [5.74, 6) is 0.344. The lowest BCUT2D eigenvalue weighted by atomic mass is 9.91. The van der Waals surface area contributed by atoms with E-state index in [-0.39, 0.29) is 29.1 Å². The van der Waals surface area contributed by atoms with Gasteiger partial charge in [0, 0.05) is 18.2 Å². The molecule has 1 heterocycles. The van der Waals surface area contributed by atoms with Crippen molar-refractivity contribution in [2.45, 2.75) is 0 Å². The largest absolute Gasteiger partial charge is 0.491 e. The minimum absolute atomic E-state index is 0.0269. The summed E-state index contributed by atoms with van der Waals surface area (Å²) < 4.78 is 10.8. The molecule has 7 heteroatoms. The van der Waals surface area contributed by atoms with E-state index >= 15 is 0 Å². The van der Waals surface area contributed by atoms with Crippen LogP contribution >= 0.6 is 0 Å². The summed E-state index contributed by atoms with van der Waals surface area (Å²) in [6.45, 7) is 0.629. The first-order valence-corrected chi connectivity index (χ1v) is 8.12. The number of nitrogen functional groups attached to an aromatic ring is 1. The number of nitrogens with zero attached hydrogens (tertiary/aromatic N) is 2. The van der Waals surface area contributed by atoms with E-state index in [0.717, 1.165) is 10.8 Å². The van der Waals surface area contributed by atoms with E-state index in [1.54, 1.807) is 13.2 Å². The number of nitriles is 2. The maximum absolute atomic E-state index is 12.3. The lowest BCUT2D eigenvalue weighted by Gasteiger charge is -2.17. The van der Waals surface area contributed by atoms with Crippen molar-refractivity contribution < 1.29 is 9.47 Å². The fourth-order valence-electron chi connectivity index (χ4n) is 2.96. The third kappa shape index (κ3) is 3.20. The zero-order valence-electron chi connectivity index (χ0n) is 14.6. The zero-order valence-corrected chi connectivity index (χ0v) is 14.6. The first-order valence-electron chi connectivity index (χ1n) is 8.12. The Hall–Kier alpha value is -3.81. The quantitative estimate of drug-likeness (QED) is 0.674. The highest BCUT2D eigenvalue weighted by Gasteiger charge is 2.23. The van der Waals surface area contributed by atoms with Crippen LogP contribution in [0.4, 0.5) is 5.82 Å². The number of anilines is 1. The summed E-state index contributed by atoms with van der Waals surface area (Å²) in [5, 5.41) is 20.8. The summed E-state index contributed by atoms with van der Waals surface area (Å²) in [6.07, 6.45) is 0. The average Bonchev–Trinajstić information content (AvgIpc) is 2.67. The third-order valence-electron chi connectivity index (χ3n) is 4.15. The molecule has 1 aromatic heterocycles. The Balaban J connectivity index is 2.44. The van der Waals surface area contributed by atoms with Gasteiger partial charge >= 0.3 is 0 Å². The van der Waals surface area contributed by atoms with Crippen LogP contribution in [0.15, 0.2) is 41.2 Å². The van der Waals surface area contributed by atoms with E-state index in [2.05, 4.69) is 4.98 Å². The Morgan fingerprint density at radius 1 is 1.04 bits per heavy atom. The highest BCUT2D eigenvalue weighted by molar-refractivity contribution is 6.02. The molecule has 27 heavy (non-hydrogen) atoms. The highest BCUT2D eigenvalue weighted by atomic mass is 16.5. The Labute approximate surface area is 155 Å². The van der Waals surface area contributed by atoms with Gasteiger partial charge < -0.3 is 20.2 Å². The molecule has 0 spiro atoms. The number of methoxy groups -OCH3 is 1. The van der Waals surface area contributed by atoms with Gasteiger partial charge in [0.1, 0.15) is 41.4 Å². The molecule has 0 saturated heterocycles. The summed E-state index contributed by atoms with van der Waals surface area (Å²) >= 11 is 0. The number of hydrogen-bond acceptors (Lipinski definition) is 6. The van der Waals surface area contributed by atoms with Crippen LogP contribution in [-0.2, 0) is 4.74 Å². The van der Waals surface area contributed by atoms with Gasteiger partial charge in [-0.1, -0.05) is 30.3 Å². The van der Waals surface area contributed by atoms with E-state index in [0.29, 0.717) is 17.9 Å². The third-order valence-corrected chi connectivity index (χ3v) is 4.15. The second-order valence-electron chi connectivity index (χ2n) is 5.72. The number of aromatic nitrogens is 1. The average molecular weight is 360 g/mol. The topological polar surface area (TPSA) is 125 Å². The minimum atomic E-state index is -0.653. The Bertz CT molecular complexity index is 1150. The van der Waals surface area contributed by atoms with Gasteiger partial charge in [0.05, 0.1) is 6.61 Å². The number of nitrogens with one attached hydrogen (secondary N) is 1. The van der Waals surface area contributed by atoms with Crippen molar-refractivity contribution in [2.24, 2.45) is 0 Å². The fraction of sp³-hybridized carbons (Fsp3) is 0.150. The minimum Gasteiger partial charge on any atom is -0.491 e. The molecule has 7 nitrogen and oxygen atoms in total. The molecule has 0 aliphatic rings. The zero-order chi connectivity index (χ0) is 19.4. The van der Waals surface area contributed by atoms with Crippen LogP contribution in [0.1, 0.15) is 11.1 Å². The molecule has 0 atom stereocenters. The molecule has 0 radical (unpaired) electrons. The smallest absolute Gasteiger partial charge is 0.268 e. The van der Waals surface area contributed by atoms with Crippen LogP contribution in [0.2, 0.25) is 0 Å². The molecular formula is C20H16N4O3. The van der Waals surface area contributed by atoms with Crippen LogP contribution in [0, 0.1) is 22.7 Å². The van der Waals surface area contributed by atoms with Crippen molar-refractivity contribution in [3.05, 3.63) is 57.9 Å². The number of pyridine rings is 1. The SMILES string of the molecule is COCCOc1ccc2ccccc2c1-c1c(C#N)c(N)[nH]c(=O)c1C#N. The molecule has 3 rings (SSSR count). The Kier molecular flexibility index (Phi) is 5.07. The second-order valence-corrected chi connectivity index (χ2v) is 5.72. The van der Waals surface area contributed by atoms with Crippen LogP contribution in [0.25, 0.3) is 21.9 Å². The Morgan fingerprint density at radius 3 is 2.48 bits per heavy atom. The number of aromatic amines is 1. The van der Waals surface area contributed by atoms with Crippen LogP contribution in [0.3, 0.4) is 0 Å². The van der Waals surface area contributed by atoms with Crippen molar-refractivity contribution in [1.82, 2.24) is 4.98 Å². The maximum Gasteiger partial charge on any atom is 0.268 e. The van der Waals surface area contributed by atoms with Gasteiger partial charge in [0.15, 0.2) is 0 Å². The van der Waals surface area contributed by atoms with Crippen LogP contribution in [0.5, 0.6) is 5.75 Å². The van der Waals surface area contributed by atoms with Gasteiger partial charge in [0.2, 0.25) is 0 Å². The highest BCUT2D eigenvalue weighted by Crippen LogP contribution is 2.40. The summed E-state index contributed by atoms with van der Waals surface area (Å²) in [4.78, 5) is 14.7. The van der Waals surface area contributed by atoms with E-state index in [9.17, 15) is 15.3 Å². The number of H-pyrrole nitrogens is 1. The van der Waals surface area contributed by atoms with E-state index in [1.807, 2.05) is 42.5 Å². The van der Waals surface area contributed by atoms with Gasteiger partial charge in [-0.15, -0.1) is 0 Å². The Morgan fingerprint density at radius 2 is 1.78 bits per heavy atom. The molecule has 0 fully saturated rings. The normalized spacial score (nSPS) is 10.3. The van der Waals surface area contributed by atoms with Gasteiger partial charge in [-0.05, 0) is 16.8 Å². The first kappa shape index (κ1) is 18.0. The lowest BCUT2D eigenvalue weighted by molar-refractivity contribution is 0.146. The van der Waals surface area contributed by atoms with Crippen LogP contribution < -0.4 is 16.0 Å². The van der Waals surface area contributed by atoms with Gasteiger partial charge in [-0.2, -0.15) is 10.5 Å².